The predicted molar refractivity (Wildman–Crippen MR) is 40.9 cm³/mol. The van der Waals surface area contributed by atoms with Gasteiger partial charge >= 0.3 is 0 Å². The molecule has 2 heteroatoms. The first-order chi connectivity index (χ1) is 4.83. The van der Waals surface area contributed by atoms with Crippen molar-refractivity contribution in [1.82, 2.24) is 0 Å². The van der Waals surface area contributed by atoms with Gasteiger partial charge < -0.3 is 4.74 Å². The molecule has 2 nitrogen and oxygen atoms in total. The maximum atomic E-state index is 5.18. The van der Waals surface area contributed by atoms with Crippen LogP contribution in [-0.4, -0.2) is 6.73 Å². The molecule has 0 heterocycles. The Morgan fingerprint density at radius 3 is 2.40 bits per heavy atom. The van der Waals surface area contributed by atoms with Crippen LogP contribution in [0.1, 0.15) is 5.56 Å². The van der Waals surface area contributed by atoms with Gasteiger partial charge in [-0.25, -0.2) is 0 Å². The van der Waals surface area contributed by atoms with Gasteiger partial charge in [-0.05, 0) is 19.1 Å². The highest BCUT2D eigenvalue weighted by Crippen LogP contribution is 2.09. The fourth-order valence-electron chi connectivity index (χ4n) is 0.731. The van der Waals surface area contributed by atoms with Crippen LogP contribution in [0.4, 0.5) is 0 Å². The number of ether oxygens (including phenoxy) is 1. The van der Waals surface area contributed by atoms with Crippen LogP contribution in [0.15, 0.2) is 24.3 Å². The minimum atomic E-state index is 0.239. The summed E-state index contributed by atoms with van der Waals surface area (Å²) in [6.45, 7) is 2.27. The second-order valence-electron chi connectivity index (χ2n) is 2.12. The van der Waals surface area contributed by atoms with Crippen LogP contribution in [0.3, 0.4) is 0 Å². The largest absolute Gasteiger partial charge is 0.479 e. The Kier molecular flexibility index (Phi) is 2.29. The molecular weight excluding hydrogens is 126 g/mol. The minimum absolute atomic E-state index is 0.239. The number of aryl methyl sites for hydroxylation is 1. The van der Waals surface area contributed by atoms with Gasteiger partial charge in [-0.3, -0.25) is 5.73 Å². The molecule has 0 amide bonds. The molecule has 54 valence electrons. The summed E-state index contributed by atoms with van der Waals surface area (Å²) in [6, 6.07) is 7.79. The summed E-state index contributed by atoms with van der Waals surface area (Å²) < 4.78 is 5.04. The molecule has 1 rings (SSSR count). The van der Waals surface area contributed by atoms with Gasteiger partial charge in [0, 0.05) is 0 Å². The van der Waals surface area contributed by atoms with Crippen LogP contribution in [0, 0.1) is 6.92 Å². The Morgan fingerprint density at radius 2 is 1.90 bits per heavy atom. The highest BCUT2D eigenvalue weighted by atomic mass is 16.5. The van der Waals surface area contributed by atoms with E-state index in [-0.39, 0.29) is 6.73 Å². The zero-order chi connectivity index (χ0) is 7.40. The summed E-state index contributed by atoms with van der Waals surface area (Å²) in [5.74, 6) is 0.827. The molecule has 0 saturated carbocycles. The fourth-order valence-corrected chi connectivity index (χ4v) is 0.731. The summed E-state index contributed by atoms with van der Waals surface area (Å²) in [7, 11) is 0. The molecule has 10 heavy (non-hydrogen) atoms. The van der Waals surface area contributed by atoms with E-state index in [0.717, 1.165) is 5.75 Å². The van der Waals surface area contributed by atoms with E-state index < -0.39 is 0 Å². The Balaban J connectivity index is 2.69. The molecule has 0 aliphatic carbocycles. The molecule has 0 spiro atoms. The van der Waals surface area contributed by atoms with Crippen molar-refractivity contribution in [2.75, 3.05) is 6.73 Å². The van der Waals surface area contributed by atoms with E-state index in [9.17, 15) is 0 Å². The number of rotatable bonds is 2. The third kappa shape index (κ3) is 1.74. The average molecular weight is 137 g/mol. The highest BCUT2D eigenvalue weighted by Gasteiger charge is 1.88. The van der Waals surface area contributed by atoms with Crippen molar-refractivity contribution in [3.05, 3.63) is 29.8 Å². The standard InChI is InChI=1S/C8H11NO/c1-7-2-4-8(5-3-7)10-6-9/h2-5H,6,9H2,1H3. The topological polar surface area (TPSA) is 35.2 Å². The van der Waals surface area contributed by atoms with Gasteiger partial charge in [-0.1, -0.05) is 17.7 Å². The average Bonchev–Trinajstić information content (AvgIpc) is 1.95. The lowest BCUT2D eigenvalue weighted by atomic mass is 10.2. The smallest absolute Gasteiger partial charge is 0.137 e. The van der Waals surface area contributed by atoms with Crippen LogP contribution >= 0.6 is 0 Å². The highest BCUT2D eigenvalue weighted by molar-refractivity contribution is 5.26. The van der Waals surface area contributed by atoms with Crippen LogP contribution in [0.5, 0.6) is 5.75 Å². The lowest BCUT2D eigenvalue weighted by Crippen LogP contribution is -2.06. The molecule has 1 aromatic carbocycles. The normalized spacial score (nSPS) is 9.40. The number of hydrogen-bond acceptors (Lipinski definition) is 2. The van der Waals surface area contributed by atoms with Crippen molar-refractivity contribution in [3.63, 3.8) is 0 Å². The third-order valence-electron chi connectivity index (χ3n) is 1.27. The van der Waals surface area contributed by atoms with Gasteiger partial charge in [0.2, 0.25) is 0 Å². The van der Waals surface area contributed by atoms with Gasteiger partial charge in [-0.2, -0.15) is 0 Å². The molecule has 0 fully saturated rings. The Hall–Kier alpha value is -1.02. The van der Waals surface area contributed by atoms with Gasteiger partial charge in [0.05, 0.1) is 0 Å². The van der Waals surface area contributed by atoms with Crippen molar-refractivity contribution in [1.29, 1.82) is 0 Å². The molecule has 2 N–H and O–H groups in total. The summed E-state index contributed by atoms with van der Waals surface area (Å²) in [6.07, 6.45) is 0. The Morgan fingerprint density at radius 1 is 1.30 bits per heavy atom. The maximum absolute atomic E-state index is 5.18. The van der Waals surface area contributed by atoms with E-state index in [1.165, 1.54) is 5.56 Å². The molecule has 1 aromatic rings. The molecule has 0 aromatic heterocycles. The predicted octanol–water partition coefficient (Wildman–Crippen LogP) is 1.29. The summed E-state index contributed by atoms with van der Waals surface area (Å²) >= 11 is 0. The molecule has 0 aliphatic rings. The lowest BCUT2D eigenvalue weighted by Gasteiger charge is -2.00. The van der Waals surface area contributed by atoms with E-state index in [1.807, 2.05) is 31.2 Å². The Labute approximate surface area is 60.6 Å². The molecule has 0 bridgehead atoms. The van der Waals surface area contributed by atoms with Crippen molar-refractivity contribution in [2.45, 2.75) is 6.92 Å². The maximum Gasteiger partial charge on any atom is 0.137 e. The summed E-state index contributed by atoms with van der Waals surface area (Å²) in [4.78, 5) is 0. The van der Waals surface area contributed by atoms with Gasteiger partial charge in [0.25, 0.3) is 0 Å². The van der Waals surface area contributed by atoms with Crippen molar-refractivity contribution in [3.8, 4) is 5.75 Å². The fraction of sp³-hybridized carbons (Fsp3) is 0.250. The Bertz CT molecular complexity index is 193. The van der Waals surface area contributed by atoms with Crippen molar-refractivity contribution < 1.29 is 4.74 Å². The van der Waals surface area contributed by atoms with E-state index in [1.54, 1.807) is 0 Å². The molecule has 0 atom stereocenters. The lowest BCUT2D eigenvalue weighted by molar-refractivity contribution is 0.329. The first-order valence-corrected chi connectivity index (χ1v) is 3.22. The summed E-state index contributed by atoms with van der Waals surface area (Å²) in [5, 5.41) is 0. The molecule has 0 unspecified atom stereocenters. The molecule has 0 radical (unpaired) electrons. The van der Waals surface area contributed by atoms with Gasteiger partial charge in [0.15, 0.2) is 0 Å². The second kappa shape index (κ2) is 3.22. The van der Waals surface area contributed by atoms with Crippen LogP contribution in [0.25, 0.3) is 0 Å². The monoisotopic (exact) mass is 137 g/mol. The van der Waals surface area contributed by atoms with E-state index in [4.69, 9.17) is 10.5 Å². The quantitative estimate of drug-likeness (QED) is 0.623. The van der Waals surface area contributed by atoms with Crippen LogP contribution in [0.2, 0.25) is 0 Å². The zero-order valence-corrected chi connectivity index (χ0v) is 6.00. The van der Waals surface area contributed by atoms with E-state index in [2.05, 4.69) is 0 Å². The number of nitrogens with two attached hydrogens (primary N) is 1. The first-order valence-electron chi connectivity index (χ1n) is 3.22. The number of benzene rings is 1. The van der Waals surface area contributed by atoms with Gasteiger partial charge in [-0.15, -0.1) is 0 Å². The zero-order valence-electron chi connectivity index (χ0n) is 6.00. The van der Waals surface area contributed by atoms with E-state index in [0.29, 0.717) is 0 Å². The van der Waals surface area contributed by atoms with Crippen molar-refractivity contribution in [2.24, 2.45) is 5.73 Å². The van der Waals surface area contributed by atoms with E-state index >= 15 is 0 Å². The second-order valence-corrected chi connectivity index (χ2v) is 2.12. The number of hydrogen-bond donors (Lipinski definition) is 1. The van der Waals surface area contributed by atoms with Crippen molar-refractivity contribution >= 4 is 0 Å². The third-order valence-corrected chi connectivity index (χ3v) is 1.27. The molecule has 0 aliphatic heterocycles. The first kappa shape index (κ1) is 7.09. The summed E-state index contributed by atoms with van der Waals surface area (Å²) in [5.41, 5.74) is 6.40. The molecular formula is C8H11NO. The SMILES string of the molecule is Cc1ccc(OCN)cc1. The van der Waals surface area contributed by atoms with Crippen LogP contribution < -0.4 is 10.5 Å². The molecule has 0 saturated heterocycles. The van der Waals surface area contributed by atoms with Gasteiger partial charge in [0.1, 0.15) is 12.5 Å². The minimum Gasteiger partial charge on any atom is -0.479 e. The van der Waals surface area contributed by atoms with Crippen LogP contribution in [-0.2, 0) is 0 Å².